The highest BCUT2D eigenvalue weighted by Gasteiger charge is 2.25. The summed E-state index contributed by atoms with van der Waals surface area (Å²) in [6.45, 7) is 7.34. The lowest BCUT2D eigenvalue weighted by Crippen LogP contribution is -2.23. The Labute approximate surface area is 172 Å². The van der Waals surface area contributed by atoms with Crippen LogP contribution in [0.25, 0.3) is 0 Å². The molecule has 0 bridgehead atoms. The number of rotatable bonds is 10. The Hall–Kier alpha value is -1.69. The van der Waals surface area contributed by atoms with Crippen LogP contribution in [0.2, 0.25) is 5.02 Å². The second-order valence-electron chi connectivity index (χ2n) is 7.28. The van der Waals surface area contributed by atoms with Crippen LogP contribution in [0.1, 0.15) is 43.5 Å². The predicted octanol–water partition coefficient (Wildman–Crippen LogP) is 5.47. The molecule has 0 aliphatic heterocycles. The van der Waals surface area contributed by atoms with Gasteiger partial charge in [0.2, 0.25) is 0 Å². The number of hydrogen-bond acceptors (Lipinski definition) is 4. The van der Waals surface area contributed by atoms with Crippen molar-refractivity contribution in [3.05, 3.63) is 58.1 Å². The fourth-order valence-corrected chi connectivity index (χ4v) is 3.54. The number of hydrogen-bond donors (Lipinski definition) is 0. The van der Waals surface area contributed by atoms with Gasteiger partial charge in [-0.3, -0.25) is 4.98 Å². The lowest BCUT2D eigenvalue weighted by Gasteiger charge is -2.27. The van der Waals surface area contributed by atoms with Gasteiger partial charge in [-0.15, -0.1) is 0 Å². The number of ether oxygens (including phenoxy) is 3. The second kappa shape index (κ2) is 10.7. The van der Waals surface area contributed by atoms with E-state index >= 15 is 0 Å². The molecule has 0 saturated carbocycles. The number of aromatic nitrogens is 1. The van der Waals surface area contributed by atoms with Gasteiger partial charge in [0.25, 0.3) is 0 Å². The minimum atomic E-state index is -0.404. The molecule has 0 saturated heterocycles. The van der Waals surface area contributed by atoms with Crippen LogP contribution in [0.4, 0.5) is 4.39 Å². The number of methoxy groups -OCH3 is 2. The van der Waals surface area contributed by atoms with Gasteiger partial charge in [-0.2, -0.15) is 0 Å². The van der Waals surface area contributed by atoms with Crippen molar-refractivity contribution in [2.75, 3.05) is 27.6 Å². The molecule has 1 aromatic heterocycles. The topological polar surface area (TPSA) is 40.6 Å². The molecule has 154 valence electrons. The maximum absolute atomic E-state index is 14.3. The summed E-state index contributed by atoms with van der Waals surface area (Å²) in [7, 11) is 3.23. The Morgan fingerprint density at radius 1 is 1.14 bits per heavy atom. The molecule has 2 rings (SSSR count). The van der Waals surface area contributed by atoms with E-state index in [2.05, 4.69) is 25.8 Å². The summed E-state index contributed by atoms with van der Waals surface area (Å²) in [6, 6.07) is 6.94. The molecular weight excluding hydrogens is 381 g/mol. The Kier molecular flexibility index (Phi) is 8.67. The minimum absolute atomic E-state index is 0.116. The monoisotopic (exact) mass is 409 g/mol. The standard InChI is InChI=1S/C22H29ClFNO3/c1-14(2)18(12-28-13-26-4)15(3)20-10-21(27-5)17(11-25-20)9-16-7-6-8-19(23)22(16)24/h6-8,10-11,14-15,18H,9,12-13H2,1-5H3. The number of halogens is 2. The van der Waals surface area contributed by atoms with E-state index in [1.54, 1.807) is 38.6 Å². The van der Waals surface area contributed by atoms with Gasteiger partial charge in [0.1, 0.15) is 18.4 Å². The van der Waals surface area contributed by atoms with E-state index in [1.165, 1.54) is 0 Å². The van der Waals surface area contributed by atoms with Gasteiger partial charge in [-0.25, -0.2) is 4.39 Å². The molecule has 1 heterocycles. The van der Waals surface area contributed by atoms with Gasteiger partial charge >= 0.3 is 0 Å². The van der Waals surface area contributed by atoms with Crippen LogP contribution < -0.4 is 4.74 Å². The summed E-state index contributed by atoms with van der Waals surface area (Å²) in [5, 5.41) is 0.116. The summed E-state index contributed by atoms with van der Waals surface area (Å²) in [5.74, 6) is 1.15. The highest BCUT2D eigenvalue weighted by atomic mass is 35.5. The van der Waals surface area contributed by atoms with Crippen molar-refractivity contribution in [2.24, 2.45) is 11.8 Å². The number of benzene rings is 1. The Bertz CT molecular complexity index is 769. The molecule has 0 aliphatic rings. The molecule has 0 aliphatic carbocycles. The van der Waals surface area contributed by atoms with E-state index in [4.69, 9.17) is 25.8 Å². The first-order valence-corrected chi connectivity index (χ1v) is 9.79. The van der Waals surface area contributed by atoms with Gasteiger partial charge in [0.15, 0.2) is 0 Å². The van der Waals surface area contributed by atoms with Crippen LogP contribution in [-0.2, 0) is 15.9 Å². The van der Waals surface area contributed by atoms with E-state index in [0.717, 1.165) is 11.3 Å². The normalized spacial score (nSPS) is 13.6. The van der Waals surface area contributed by atoms with E-state index in [0.29, 0.717) is 30.3 Å². The highest BCUT2D eigenvalue weighted by molar-refractivity contribution is 6.30. The maximum atomic E-state index is 14.3. The zero-order valence-corrected chi connectivity index (χ0v) is 17.9. The van der Waals surface area contributed by atoms with Crippen LogP contribution in [-0.4, -0.2) is 32.6 Å². The average Bonchev–Trinajstić information content (AvgIpc) is 2.68. The van der Waals surface area contributed by atoms with Crippen molar-refractivity contribution in [3.8, 4) is 5.75 Å². The second-order valence-corrected chi connectivity index (χ2v) is 7.69. The molecule has 4 nitrogen and oxygen atoms in total. The van der Waals surface area contributed by atoms with Gasteiger partial charge < -0.3 is 14.2 Å². The lowest BCUT2D eigenvalue weighted by atomic mass is 9.82. The molecule has 0 radical (unpaired) electrons. The summed E-state index contributed by atoms with van der Waals surface area (Å²) >= 11 is 5.89. The van der Waals surface area contributed by atoms with Crippen molar-refractivity contribution in [1.29, 1.82) is 0 Å². The van der Waals surface area contributed by atoms with Crippen molar-refractivity contribution in [2.45, 2.75) is 33.1 Å². The van der Waals surface area contributed by atoms with E-state index in [9.17, 15) is 4.39 Å². The molecule has 2 atom stereocenters. The van der Waals surface area contributed by atoms with Gasteiger partial charge in [-0.05, 0) is 23.5 Å². The van der Waals surface area contributed by atoms with Crippen molar-refractivity contribution >= 4 is 11.6 Å². The van der Waals surface area contributed by atoms with Crippen LogP contribution in [0.3, 0.4) is 0 Å². The molecule has 1 aromatic carbocycles. The first-order chi connectivity index (χ1) is 13.4. The molecule has 0 N–H and O–H groups in total. The maximum Gasteiger partial charge on any atom is 0.146 e. The SMILES string of the molecule is COCOCC(C(C)C)C(C)c1cc(OC)c(Cc2cccc(Cl)c2F)cn1. The van der Waals surface area contributed by atoms with Gasteiger partial charge in [-0.1, -0.05) is 44.5 Å². The predicted molar refractivity (Wildman–Crippen MR) is 110 cm³/mol. The fourth-order valence-electron chi connectivity index (χ4n) is 3.34. The summed E-state index contributed by atoms with van der Waals surface area (Å²) in [5.41, 5.74) is 2.25. The van der Waals surface area contributed by atoms with E-state index < -0.39 is 5.82 Å². The smallest absolute Gasteiger partial charge is 0.146 e. The molecule has 6 heteroatoms. The lowest BCUT2D eigenvalue weighted by molar-refractivity contribution is -0.0514. The van der Waals surface area contributed by atoms with Gasteiger partial charge in [0.05, 0.1) is 18.7 Å². The summed E-state index contributed by atoms with van der Waals surface area (Å²) in [6.07, 6.45) is 2.13. The van der Waals surface area contributed by atoms with E-state index in [-0.39, 0.29) is 23.7 Å². The summed E-state index contributed by atoms with van der Waals surface area (Å²) in [4.78, 5) is 4.64. The van der Waals surface area contributed by atoms with E-state index in [1.807, 2.05) is 6.07 Å². The molecule has 2 aromatic rings. The first-order valence-electron chi connectivity index (χ1n) is 9.41. The molecular formula is C22H29ClFNO3. The highest BCUT2D eigenvalue weighted by Crippen LogP contribution is 2.33. The number of pyridine rings is 1. The third-order valence-corrected chi connectivity index (χ3v) is 5.37. The van der Waals surface area contributed by atoms with Crippen LogP contribution in [0.15, 0.2) is 30.5 Å². The third kappa shape index (κ3) is 5.66. The van der Waals surface area contributed by atoms with Crippen LogP contribution in [0.5, 0.6) is 5.75 Å². The fraction of sp³-hybridized carbons (Fsp3) is 0.500. The zero-order valence-electron chi connectivity index (χ0n) is 17.2. The Balaban J connectivity index is 2.24. The van der Waals surface area contributed by atoms with Crippen LogP contribution in [0, 0.1) is 17.7 Å². The molecule has 28 heavy (non-hydrogen) atoms. The minimum Gasteiger partial charge on any atom is -0.496 e. The molecule has 0 spiro atoms. The Morgan fingerprint density at radius 3 is 2.54 bits per heavy atom. The average molecular weight is 410 g/mol. The third-order valence-electron chi connectivity index (χ3n) is 5.07. The molecule has 2 unspecified atom stereocenters. The van der Waals surface area contributed by atoms with Crippen molar-refractivity contribution in [3.63, 3.8) is 0 Å². The van der Waals surface area contributed by atoms with Crippen molar-refractivity contribution < 1.29 is 18.6 Å². The van der Waals surface area contributed by atoms with Crippen LogP contribution >= 0.6 is 11.6 Å². The van der Waals surface area contributed by atoms with Crippen molar-refractivity contribution in [1.82, 2.24) is 4.98 Å². The number of nitrogens with zero attached hydrogens (tertiary/aromatic N) is 1. The molecule has 0 fully saturated rings. The van der Waals surface area contributed by atoms with Gasteiger partial charge in [0, 0.05) is 43.0 Å². The summed E-state index contributed by atoms with van der Waals surface area (Å²) < 4.78 is 30.4. The Morgan fingerprint density at radius 2 is 1.89 bits per heavy atom. The zero-order chi connectivity index (χ0) is 20.7. The first kappa shape index (κ1) is 22.6. The quantitative estimate of drug-likeness (QED) is 0.385. The molecule has 0 amide bonds. The largest absolute Gasteiger partial charge is 0.496 e.